The van der Waals surface area contributed by atoms with Crippen molar-refractivity contribution in [2.75, 3.05) is 0 Å². The molecular formula is C19H22. The minimum atomic E-state index is 1.15. The quantitative estimate of drug-likeness (QED) is 0.748. The molecule has 0 spiro atoms. The predicted molar refractivity (Wildman–Crippen MR) is 81.8 cm³/mol. The van der Waals surface area contributed by atoms with Crippen molar-refractivity contribution in [1.29, 1.82) is 0 Å². The van der Waals surface area contributed by atoms with Gasteiger partial charge in [-0.1, -0.05) is 47.5 Å². The van der Waals surface area contributed by atoms with Crippen LogP contribution in [0.15, 0.2) is 36.4 Å². The molecular weight excluding hydrogens is 228 g/mol. The summed E-state index contributed by atoms with van der Waals surface area (Å²) in [4.78, 5) is 0. The van der Waals surface area contributed by atoms with Crippen LogP contribution in [0.1, 0.15) is 39.8 Å². The van der Waals surface area contributed by atoms with Crippen molar-refractivity contribution in [2.45, 2.75) is 46.0 Å². The van der Waals surface area contributed by atoms with Gasteiger partial charge < -0.3 is 0 Å². The first-order valence-corrected chi connectivity index (χ1v) is 7.38. The SMILES string of the molecule is Cc1cc(C)cc(CCc2ccc3c(c2)CCC3)c1. The van der Waals surface area contributed by atoms with E-state index in [-0.39, 0.29) is 0 Å². The number of fused-ring (bicyclic) bond motifs is 1. The Kier molecular flexibility index (Phi) is 3.42. The lowest BCUT2D eigenvalue weighted by molar-refractivity contribution is 0.910. The maximum atomic E-state index is 2.44. The molecule has 2 aromatic rings. The van der Waals surface area contributed by atoms with Gasteiger partial charge in [-0.25, -0.2) is 0 Å². The minimum absolute atomic E-state index is 1.15. The summed E-state index contributed by atoms with van der Waals surface area (Å²) in [6.45, 7) is 4.37. The van der Waals surface area contributed by atoms with E-state index in [4.69, 9.17) is 0 Å². The fourth-order valence-corrected chi connectivity index (χ4v) is 3.28. The molecule has 0 aliphatic heterocycles. The molecule has 0 saturated carbocycles. The molecule has 0 heterocycles. The van der Waals surface area contributed by atoms with Gasteiger partial charge in [0.2, 0.25) is 0 Å². The van der Waals surface area contributed by atoms with Gasteiger partial charge in [-0.05, 0) is 68.2 Å². The molecule has 0 heteroatoms. The third-order valence-electron chi connectivity index (χ3n) is 4.15. The van der Waals surface area contributed by atoms with Crippen LogP contribution in [0.5, 0.6) is 0 Å². The number of hydrogen-bond donors (Lipinski definition) is 0. The van der Waals surface area contributed by atoms with Crippen molar-refractivity contribution in [1.82, 2.24) is 0 Å². The van der Waals surface area contributed by atoms with Crippen LogP contribution in [-0.4, -0.2) is 0 Å². The molecule has 0 atom stereocenters. The van der Waals surface area contributed by atoms with Gasteiger partial charge in [-0.15, -0.1) is 0 Å². The van der Waals surface area contributed by atoms with E-state index in [1.807, 2.05) is 0 Å². The molecule has 2 aromatic carbocycles. The number of rotatable bonds is 3. The average Bonchev–Trinajstić information content (AvgIpc) is 2.82. The van der Waals surface area contributed by atoms with E-state index in [1.54, 1.807) is 11.1 Å². The molecule has 1 aliphatic rings. The maximum absolute atomic E-state index is 2.44. The summed E-state index contributed by atoms with van der Waals surface area (Å²) in [5.41, 5.74) is 8.90. The van der Waals surface area contributed by atoms with Crippen LogP contribution in [0.3, 0.4) is 0 Å². The molecule has 0 saturated heterocycles. The first-order valence-electron chi connectivity index (χ1n) is 7.38. The third-order valence-corrected chi connectivity index (χ3v) is 4.15. The first kappa shape index (κ1) is 12.5. The largest absolute Gasteiger partial charge is 0.0587 e. The van der Waals surface area contributed by atoms with E-state index in [0.29, 0.717) is 0 Å². The van der Waals surface area contributed by atoms with E-state index < -0.39 is 0 Å². The van der Waals surface area contributed by atoms with Gasteiger partial charge in [0, 0.05) is 0 Å². The third kappa shape index (κ3) is 2.89. The Balaban J connectivity index is 1.72. The summed E-state index contributed by atoms with van der Waals surface area (Å²) < 4.78 is 0. The van der Waals surface area contributed by atoms with E-state index in [2.05, 4.69) is 50.2 Å². The number of aryl methyl sites for hydroxylation is 6. The number of hydrogen-bond acceptors (Lipinski definition) is 0. The molecule has 0 unspecified atom stereocenters. The second-order valence-electron chi connectivity index (χ2n) is 5.95. The van der Waals surface area contributed by atoms with Crippen LogP contribution in [0.4, 0.5) is 0 Å². The average molecular weight is 250 g/mol. The van der Waals surface area contributed by atoms with Crippen LogP contribution in [0.25, 0.3) is 0 Å². The van der Waals surface area contributed by atoms with Crippen LogP contribution in [0, 0.1) is 13.8 Å². The molecule has 0 nitrogen and oxygen atoms in total. The standard InChI is InChI=1S/C19H22/c1-14-10-15(2)12-17(11-14)7-6-16-8-9-18-4-3-5-19(18)13-16/h8-13H,3-7H2,1-2H3. The zero-order valence-electron chi connectivity index (χ0n) is 12.0. The highest BCUT2D eigenvalue weighted by Gasteiger charge is 2.10. The normalized spacial score (nSPS) is 13.6. The molecule has 19 heavy (non-hydrogen) atoms. The second-order valence-corrected chi connectivity index (χ2v) is 5.95. The van der Waals surface area contributed by atoms with Crippen molar-refractivity contribution >= 4 is 0 Å². The zero-order valence-corrected chi connectivity index (χ0v) is 12.0. The molecule has 3 rings (SSSR count). The molecule has 0 fully saturated rings. The summed E-state index contributed by atoms with van der Waals surface area (Å²) in [6, 6.07) is 14.0. The van der Waals surface area contributed by atoms with Crippen molar-refractivity contribution in [3.05, 3.63) is 69.8 Å². The Bertz CT molecular complexity index is 573. The van der Waals surface area contributed by atoms with Gasteiger partial charge in [0.15, 0.2) is 0 Å². The summed E-state index contributed by atoms with van der Waals surface area (Å²) in [5, 5.41) is 0. The lowest BCUT2D eigenvalue weighted by Crippen LogP contribution is -1.94. The van der Waals surface area contributed by atoms with E-state index in [0.717, 1.165) is 12.8 Å². The Morgan fingerprint density at radius 1 is 0.737 bits per heavy atom. The fraction of sp³-hybridized carbons (Fsp3) is 0.368. The second kappa shape index (κ2) is 5.21. The Morgan fingerprint density at radius 2 is 1.42 bits per heavy atom. The monoisotopic (exact) mass is 250 g/mol. The van der Waals surface area contributed by atoms with Crippen molar-refractivity contribution in [3.8, 4) is 0 Å². The van der Waals surface area contributed by atoms with Crippen LogP contribution in [-0.2, 0) is 25.7 Å². The Labute approximate surface area is 116 Å². The Morgan fingerprint density at radius 3 is 2.21 bits per heavy atom. The maximum Gasteiger partial charge on any atom is -0.0238 e. The summed E-state index contributed by atoms with van der Waals surface area (Å²) in [7, 11) is 0. The van der Waals surface area contributed by atoms with Crippen LogP contribution in [0.2, 0.25) is 0 Å². The van der Waals surface area contributed by atoms with Crippen molar-refractivity contribution < 1.29 is 0 Å². The number of benzene rings is 2. The molecule has 0 radical (unpaired) electrons. The topological polar surface area (TPSA) is 0 Å². The van der Waals surface area contributed by atoms with E-state index in [9.17, 15) is 0 Å². The van der Waals surface area contributed by atoms with Crippen LogP contribution >= 0.6 is 0 Å². The summed E-state index contributed by atoms with van der Waals surface area (Å²) in [5.74, 6) is 0. The van der Waals surface area contributed by atoms with Gasteiger partial charge in [0.1, 0.15) is 0 Å². The van der Waals surface area contributed by atoms with Gasteiger partial charge in [-0.3, -0.25) is 0 Å². The smallest absolute Gasteiger partial charge is 0.0238 e. The minimum Gasteiger partial charge on any atom is -0.0587 e. The predicted octanol–water partition coefficient (Wildman–Crippen LogP) is 4.58. The summed E-state index contributed by atoms with van der Waals surface area (Å²) in [6.07, 6.45) is 6.23. The first-order chi connectivity index (χ1) is 9.20. The Hall–Kier alpha value is -1.56. The molecule has 0 aromatic heterocycles. The van der Waals surface area contributed by atoms with Crippen molar-refractivity contribution in [3.63, 3.8) is 0 Å². The molecule has 98 valence electrons. The molecule has 0 N–H and O–H groups in total. The lowest BCUT2D eigenvalue weighted by atomic mass is 9.98. The molecule has 1 aliphatic carbocycles. The van der Waals surface area contributed by atoms with Gasteiger partial charge in [0.05, 0.1) is 0 Å². The highest BCUT2D eigenvalue weighted by Crippen LogP contribution is 2.23. The lowest BCUT2D eigenvalue weighted by Gasteiger charge is -2.07. The van der Waals surface area contributed by atoms with Gasteiger partial charge in [0.25, 0.3) is 0 Å². The van der Waals surface area contributed by atoms with Crippen molar-refractivity contribution in [2.24, 2.45) is 0 Å². The molecule has 0 bridgehead atoms. The van der Waals surface area contributed by atoms with E-state index >= 15 is 0 Å². The summed E-state index contributed by atoms with van der Waals surface area (Å²) >= 11 is 0. The fourth-order valence-electron chi connectivity index (χ4n) is 3.28. The van der Waals surface area contributed by atoms with Crippen LogP contribution < -0.4 is 0 Å². The highest BCUT2D eigenvalue weighted by molar-refractivity contribution is 5.36. The molecule has 0 amide bonds. The zero-order chi connectivity index (χ0) is 13.2. The van der Waals surface area contributed by atoms with E-state index in [1.165, 1.54) is 41.5 Å². The van der Waals surface area contributed by atoms with Gasteiger partial charge >= 0.3 is 0 Å². The highest BCUT2D eigenvalue weighted by atomic mass is 14.2. The van der Waals surface area contributed by atoms with Gasteiger partial charge in [-0.2, -0.15) is 0 Å².